The van der Waals surface area contributed by atoms with Crippen LogP contribution < -0.4 is 5.32 Å². The number of methoxy groups -OCH3 is 1. The van der Waals surface area contributed by atoms with Crippen molar-refractivity contribution >= 4 is 40.6 Å². The summed E-state index contributed by atoms with van der Waals surface area (Å²) >= 11 is 1.45. The SMILES string of the molecule is CCn1nccc1C(=O)Nc1sc2c(c1C(=O)OC)CCN(Cc1ccccc1)C2.Cl. The molecule has 0 spiro atoms. The van der Waals surface area contributed by atoms with E-state index in [9.17, 15) is 9.59 Å². The molecule has 0 atom stereocenters. The number of anilines is 1. The van der Waals surface area contributed by atoms with Gasteiger partial charge in [-0.2, -0.15) is 5.10 Å². The fourth-order valence-electron chi connectivity index (χ4n) is 3.78. The summed E-state index contributed by atoms with van der Waals surface area (Å²) in [5, 5.41) is 7.61. The van der Waals surface area contributed by atoms with Gasteiger partial charge >= 0.3 is 5.97 Å². The van der Waals surface area contributed by atoms with E-state index in [-0.39, 0.29) is 18.3 Å². The highest BCUT2D eigenvalue weighted by molar-refractivity contribution is 7.17. The van der Waals surface area contributed by atoms with Gasteiger partial charge < -0.3 is 10.1 Å². The van der Waals surface area contributed by atoms with Gasteiger partial charge in [0.15, 0.2) is 0 Å². The number of rotatable bonds is 6. The van der Waals surface area contributed by atoms with Gasteiger partial charge in [0.1, 0.15) is 10.7 Å². The van der Waals surface area contributed by atoms with Gasteiger partial charge in [0.05, 0.1) is 12.7 Å². The van der Waals surface area contributed by atoms with E-state index in [1.54, 1.807) is 16.9 Å². The predicted molar refractivity (Wildman–Crippen MR) is 123 cm³/mol. The maximum atomic E-state index is 12.8. The summed E-state index contributed by atoms with van der Waals surface area (Å²) in [4.78, 5) is 28.8. The van der Waals surface area contributed by atoms with Gasteiger partial charge in [-0.05, 0) is 30.5 Å². The van der Waals surface area contributed by atoms with Crippen LogP contribution in [-0.4, -0.2) is 40.2 Å². The third-order valence-electron chi connectivity index (χ3n) is 5.25. The summed E-state index contributed by atoms with van der Waals surface area (Å²) in [5.74, 6) is -0.692. The lowest BCUT2D eigenvalue weighted by molar-refractivity contribution is 0.0600. The lowest BCUT2D eigenvalue weighted by atomic mass is 10.0. The van der Waals surface area contributed by atoms with Gasteiger partial charge in [0.25, 0.3) is 5.91 Å². The molecule has 0 radical (unpaired) electrons. The number of halogens is 1. The second-order valence-electron chi connectivity index (χ2n) is 7.13. The summed E-state index contributed by atoms with van der Waals surface area (Å²) in [5.41, 5.74) is 3.18. The molecule has 1 N–H and O–H groups in total. The maximum Gasteiger partial charge on any atom is 0.341 e. The number of carbonyl (C=O) groups is 2. The summed E-state index contributed by atoms with van der Waals surface area (Å²) < 4.78 is 6.65. The number of esters is 1. The first-order chi connectivity index (χ1) is 14.6. The molecule has 9 heteroatoms. The van der Waals surface area contributed by atoms with Crippen LogP contribution in [0.2, 0.25) is 0 Å². The smallest absolute Gasteiger partial charge is 0.341 e. The average molecular weight is 461 g/mol. The van der Waals surface area contributed by atoms with Gasteiger partial charge in [-0.25, -0.2) is 4.79 Å². The molecule has 0 aliphatic carbocycles. The molecule has 3 aromatic rings. The number of carbonyl (C=O) groups excluding carboxylic acids is 2. The Hall–Kier alpha value is -2.68. The molecule has 164 valence electrons. The van der Waals surface area contributed by atoms with Crippen molar-refractivity contribution < 1.29 is 14.3 Å². The third kappa shape index (κ3) is 4.81. The van der Waals surface area contributed by atoms with Crippen LogP contribution in [0.15, 0.2) is 42.6 Å². The van der Waals surface area contributed by atoms with E-state index >= 15 is 0 Å². The fraction of sp³-hybridized carbons (Fsp3) is 0.318. The molecule has 3 heterocycles. The monoisotopic (exact) mass is 460 g/mol. The second-order valence-corrected chi connectivity index (χ2v) is 8.24. The Bertz CT molecular complexity index is 1060. The number of nitrogens with zero attached hydrogens (tertiary/aromatic N) is 3. The van der Waals surface area contributed by atoms with Crippen LogP contribution >= 0.6 is 23.7 Å². The number of amides is 1. The van der Waals surface area contributed by atoms with E-state index < -0.39 is 5.97 Å². The Labute approximate surface area is 191 Å². The molecule has 0 saturated carbocycles. The number of fused-ring (bicyclic) bond motifs is 1. The number of aromatic nitrogens is 2. The molecule has 31 heavy (non-hydrogen) atoms. The highest BCUT2D eigenvalue weighted by Crippen LogP contribution is 2.38. The number of hydrogen-bond acceptors (Lipinski definition) is 6. The number of hydrogen-bond donors (Lipinski definition) is 1. The quantitative estimate of drug-likeness (QED) is 0.563. The van der Waals surface area contributed by atoms with E-state index in [2.05, 4.69) is 27.4 Å². The van der Waals surface area contributed by atoms with Crippen molar-refractivity contribution in [2.24, 2.45) is 0 Å². The molecule has 1 aliphatic rings. The number of aryl methyl sites for hydroxylation is 1. The highest BCUT2D eigenvalue weighted by Gasteiger charge is 2.29. The van der Waals surface area contributed by atoms with E-state index in [0.717, 1.165) is 36.5 Å². The highest BCUT2D eigenvalue weighted by atomic mass is 35.5. The largest absolute Gasteiger partial charge is 0.465 e. The van der Waals surface area contributed by atoms with Crippen molar-refractivity contribution in [2.45, 2.75) is 33.0 Å². The van der Waals surface area contributed by atoms with Crippen molar-refractivity contribution in [3.05, 3.63) is 69.9 Å². The van der Waals surface area contributed by atoms with E-state index in [0.29, 0.717) is 22.8 Å². The fourth-order valence-corrected chi connectivity index (χ4v) is 5.06. The van der Waals surface area contributed by atoms with E-state index in [4.69, 9.17) is 4.74 Å². The molecule has 0 fully saturated rings. The topological polar surface area (TPSA) is 76.5 Å². The van der Waals surface area contributed by atoms with Crippen molar-refractivity contribution in [3.8, 4) is 0 Å². The summed E-state index contributed by atoms with van der Waals surface area (Å²) in [6, 6.07) is 12.0. The van der Waals surface area contributed by atoms with Crippen LogP contribution in [0.5, 0.6) is 0 Å². The molecule has 2 aromatic heterocycles. The van der Waals surface area contributed by atoms with Crippen molar-refractivity contribution in [1.29, 1.82) is 0 Å². The molecule has 7 nitrogen and oxygen atoms in total. The Kier molecular flexibility index (Phi) is 7.48. The molecule has 1 amide bonds. The summed E-state index contributed by atoms with van der Waals surface area (Å²) in [6.45, 7) is 4.95. The third-order valence-corrected chi connectivity index (χ3v) is 6.38. The van der Waals surface area contributed by atoms with Crippen LogP contribution in [0.4, 0.5) is 5.00 Å². The van der Waals surface area contributed by atoms with E-state index in [1.807, 2.05) is 25.1 Å². The first-order valence-electron chi connectivity index (χ1n) is 9.93. The minimum atomic E-state index is -0.414. The Morgan fingerprint density at radius 3 is 2.71 bits per heavy atom. The van der Waals surface area contributed by atoms with Gasteiger partial charge in [-0.1, -0.05) is 30.3 Å². The second kappa shape index (κ2) is 10.1. The average Bonchev–Trinajstić information content (AvgIpc) is 3.37. The zero-order valence-electron chi connectivity index (χ0n) is 17.5. The molecule has 0 saturated heterocycles. The van der Waals surface area contributed by atoms with Gasteiger partial charge in [-0.3, -0.25) is 14.4 Å². The van der Waals surface area contributed by atoms with Gasteiger partial charge in [-0.15, -0.1) is 23.7 Å². The molecular weight excluding hydrogens is 436 g/mol. The van der Waals surface area contributed by atoms with Crippen LogP contribution in [0.25, 0.3) is 0 Å². The van der Waals surface area contributed by atoms with Gasteiger partial charge in [0, 0.05) is 37.3 Å². The minimum absolute atomic E-state index is 0. The lowest BCUT2D eigenvalue weighted by Gasteiger charge is -2.27. The van der Waals surface area contributed by atoms with Gasteiger partial charge in [0.2, 0.25) is 0 Å². The molecule has 1 aliphatic heterocycles. The number of ether oxygens (including phenoxy) is 1. The molecular formula is C22H25ClN4O3S. The molecule has 4 rings (SSSR count). The van der Waals surface area contributed by atoms with Crippen LogP contribution in [0, 0.1) is 0 Å². The first-order valence-corrected chi connectivity index (χ1v) is 10.7. The molecule has 0 unspecified atom stereocenters. The number of thiophene rings is 1. The van der Waals surface area contributed by atoms with Crippen LogP contribution in [0.1, 0.15) is 43.8 Å². The Morgan fingerprint density at radius 1 is 1.23 bits per heavy atom. The number of nitrogens with one attached hydrogen (secondary N) is 1. The van der Waals surface area contributed by atoms with Crippen molar-refractivity contribution in [2.75, 3.05) is 19.0 Å². The van der Waals surface area contributed by atoms with Crippen LogP contribution in [0.3, 0.4) is 0 Å². The first kappa shape index (κ1) is 23.0. The molecule has 0 bridgehead atoms. The zero-order chi connectivity index (χ0) is 21.1. The Balaban J connectivity index is 0.00000272. The number of benzene rings is 1. The normalized spacial score (nSPS) is 13.2. The standard InChI is InChI=1S/C22H24N4O3S.ClH/c1-3-26-17(9-11-23-26)20(27)24-21-19(22(28)29-2)16-10-12-25(14-18(16)30-21)13-15-7-5-4-6-8-15;/h4-9,11H,3,10,12-14H2,1-2H3,(H,24,27);1H. The summed E-state index contributed by atoms with van der Waals surface area (Å²) in [6.07, 6.45) is 2.34. The molecule has 1 aromatic carbocycles. The Morgan fingerprint density at radius 2 is 2.00 bits per heavy atom. The van der Waals surface area contributed by atoms with Crippen LogP contribution in [-0.2, 0) is 30.8 Å². The van der Waals surface area contributed by atoms with E-state index in [1.165, 1.54) is 24.0 Å². The van der Waals surface area contributed by atoms with Crippen molar-refractivity contribution in [1.82, 2.24) is 14.7 Å². The lowest BCUT2D eigenvalue weighted by Crippen LogP contribution is -2.29. The van der Waals surface area contributed by atoms with Crippen molar-refractivity contribution in [3.63, 3.8) is 0 Å². The maximum absolute atomic E-state index is 12.8. The zero-order valence-corrected chi connectivity index (χ0v) is 19.1. The summed E-state index contributed by atoms with van der Waals surface area (Å²) in [7, 11) is 1.37. The predicted octanol–water partition coefficient (Wildman–Crippen LogP) is 3.98. The minimum Gasteiger partial charge on any atom is -0.465 e.